The molecule has 9 heteroatoms. The fourth-order valence-corrected chi connectivity index (χ4v) is 5.94. The molecule has 1 saturated carbocycles. The number of anilines is 1. The third kappa shape index (κ3) is 5.28. The monoisotopic (exact) mass is 536 g/mol. The molecule has 3 aromatic rings. The quantitative estimate of drug-likeness (QED) is 0.417. The molecule has 1 N–H and O–H groups in total. The van der Waals surface area contributed by atoms with Gasteiger partial charge in [-0.2, -0.15) is 4.98 Å². The van der Waals surface area contributed by atoms with Gasteiger partial charge in [0.1, 0.15) is 11.8 Å². The molecule has 5 rings (SSSR count). The van der Waals surface area contributed by atoms with Crippen LogP contribution in [0.1, 0.15) is 112 Å². The first-order valence-corrected chi connectivity index (χ1v) is 13.9. The van der Waals surface area contributed by atoms with Gasteiger partial charge in [-0.25, -0.2) is 9.78 Å². The molecule has 4 heterocycles. The van der Waals surface area contributed by atoms with Crippen LogP contribution in [0.15, 0.2) is 27.2 Å². The summed E-state index contributed by atoms with van der Waals surface area (Å²) in [5.74, 6) is -0.615. The summed E-state index contributed by atoms with van der Waals surface area (Å²) in [5.41, 5.74) is 3.10. The van der Waals surface area contributed by atoms with E-state index in [1.807, 2.05) is 23.6 Å². The van der Waals surface area contributed by atoms with Crippen molar-refractivity contribution in [3.05, 3.63) is 41.1 Å². The molecule has 0 aromatic carbocycles. The van der Waals surface area contributed by atoms with Crippen molar-refractivity contribution in [2.75, 3.05) is 24.5 Å². The number of furan rings is 1. The van der Waals surface area contributed by atoms with Crippen LogP contribution in [0.25, 0.3) is 11.1 Å². The van der Waals surface area contributed by atoms with E-state index in [1.54, 1.807) is 6.07 Å². The molecular formula is C30H40N4O5. The van der Waals surface area contributed by atoms with Gasteiger partial charge in [0.15, 0.2) is 17.0 Å². The van der Waals surface area contributed by atoms with Crippen LogP contribution in [0.4, 0.5) is 6.01 Å². The standard InChI is InChI=1S/C30H40N4O5/c1-28(2,3)19-14-20(18-8-10-29(4,5)11-9-18)31-21-15-23(39-24(19)21)25(35)34-13-12-33(17-30(34,6)7)27-32-22(16-38-27)26(36)37/h14-16,18H,8-13,17H2,1-7H3,(H,36,37). The normalized spacial score (nSPS) is 20.0. The van der Waals surface area contributed by atoms with E-state index >= 15 is 0 Å². The fourth-order valence-electron chi connectivity index (χ4n) is 5.94. The molecule has 0 spiro atoms. The van der Waals surface area contributed by atoms with Crippen molar-refractivity contribution in [2.24, 2.45) is 5.41 Å². The number of piperazine rings is 1. The fraction of sp³-hybridized carbons (Fsp3) is 0.600. The summed E-state index contributed by atoms with van der Waals surface area (Å²) in [7, 11) is 0. The Morgan fingerprint density at radius 1 is 1.05 bits per heavy atom. The van der Waals surface area contributed by atoms with E-state index in [0.717, 1.165) is 35.9 Å². The van der Waals surface area contributed by atoms with Gasteiger partial charge in [0.05, 0.1) is 5.54 Å². The molecule has 0 atom stereocenters. The number of fused-ring (bicyclic) bond motifs is 1. The van der Waals surface area contributed by atoms with Crippen molar-refractivity contribution in [3.8, 4) is 0 Å². The molecule has 2 aliphatic rings. The summed E-state index contributed by atoms with van der Waals surface area (Å²) in [5, 5.41) is 9.17. The number of carbonyl (C=O) groups excluding carboxylic acids is 1. The van der Waals surface area contributed by atoms with E-state index in [-0.39, 0.29) is 28.8 Å². The Labute approximate surface area is 229 Å². The van der Waals surface area contributed by atoms with Crippen LogP contribution in [0, 0.1) is 5.41 Å². The van der Waals surface area contributed by atoms with Crippen molar-refractivity contribution < 1.29 is 23.5 Å². The van der Waals surface area contributed by atoms with Gasteiger partial charge >= 0.3 is 5.97 Å². The predicted molar refractivity (Wildman–Crippen MR) is 148 cm³/mol. The van der Waals surface area contributed by atoms with E-state index in [9.17, 15) is 14.7 Å². The largest absolute Gasteiger partial charge is 0.476 e. The Morgan fingerprint density at radius 3 is 2.33 bits per heavy atom. The van der Waals surface area contributed by atoms with Crippen LogP contribution in [0.3, 0.4) is 0 Å². The summed E-state index contributed by atoms with van der Waals surface area (Å²) >= 11 is 0. The highest BCUT2D eigenvalue weighted by Crippen LogP contribution is 2.43. The van der Waals surface area contributed by atoms with Gasteiger partial charge in [-0.1, -0.05) is 34.6 Å². The molecule has 0 radical (unpaired) electrons. The molecule has 210 valence electrons. The molecule has 3 aromatic heterocycles. The Hall–Kier alpha value is -3.36. The lowest BCUT2D eigenvalue weighted by atomic mass is 9.72. The van der Waals surface area contributed by atoms with Crippen LogP contribution in [-0.2, 0) is 5.41 Å². The molecule has 0 unspecified atom stereocenters. The lowest BCUT2D eigenvalue weighted by molar-refractivity contribution is 0.0479. The second-order valence-corrected chi connectivity index (χ2v) is 13.6. The number of carboxylic acids is 1. The number of carboxylic acid groups (broad SMARTS) is 1. The number of hydrogen-bond donors (Lipinski definition) is 1. The zero-order valence-corrected chi connectivity index (χ0v) is 24.1. The zero-order valence-electron chi connectivity index (χ0n) is 24.1. The van der Waals surface area contributed by atoms with Gasteiger partial charge in [0.2, 0.25) is 0 Å². The topological polar surface area (TPSA) is 113 Å². The molecular weight excluding hydrogens is 496 g/mol. The number of amides is 1. The smallest absolute Gasteiger partial charge is 0.357 e. The predicted octanol–water partition coefficient (Wildman–Crippen LogP) is 6.24. The molecule has 9 nitrogen and oxygen atoms in total. The number of nitrogens with zero attached hydrogens (tertiary/aromatic N) is 4. The third-order valence-electron chi connectivity index (χ3n) is 8.40. The number of rotatable bonds is 4. The second kappa shape index (κ2) is 9.38. The van der Waals surface area contributed by atoms with Crippen LogP contribution in [-0.4, -0.2) is 57.0 Å². The van der Waals surface area contributed by atoms with Crippen molar-refractivity contribution in [3.63, 3.8) is 0 Å². The minimum absolute atomic E-state index is 0.137. The summed E-state index contributed by atoms with van der Waals surface area (Å²) in [6.07, 6.45) is 5.75. The number of aromatic nitrogens is 2. The minimum atomic E-state index is -1.14. The second-order valence-electron chi connectivity index (χ2n) is 13.6. The van der Waals surface area contributed by atoms with Gasteiger partial charge in [-0.05, 0) is 56.4 Å². The summed E-state index contributed by atoms with van der Waals surface area (Å²) in [6.45, 7) is 16.4. The van der Waals surface area contributed by atoms with Gasteiger partial charge in [0.25, 0.3) is 11.9 Å². The van der Waals surface area contributed by atoms with E-state index in [0.29, 0.717) is 36.6 Å². The van der Waals surface area contributed by atoms with Crippen LogP contribution in [0.5, 0.6) is 0 Å². The van der Waals surface area contributed by atoms with Crippen molar-refractivity contribution in [1.29, 1.82) is 0 Å². The van der Waals surface area contributed by atoms with E-state index in [4.69, 9.17) is 13.8 Å². The van der Waals surface area contributed by atoms with Crippen molar-refractivity contribution in [2.45, 2.75) is 91.0 Å². The van der Waals surface area contributed by atoms with Crippen LogP contribution < -0.4 is 4.90 Å². The van der Waals surface area contributed by atoms with Gasteiger partial charge < -0.3 is 23.7 Å². The average molecular weight is 537 g/mol. The van der Waals surface area contributed by atoms with E-state index in [2.05, 4.69) is 45.7 Å². The minimum Gasteiger partial charge on any atom is -0.476 e. The Bertz CT molecular complexity index is 1400. The highest BCUT2D eigenvalue weighted by atomic mass is 16.4. The van der Waals surface area contributed by atoms with E-state index in [1.165, 1.54) is 12.8 Å². The Kier molecular flexibility index (Phi) is 6.55. The van der Waals surface area contributed by atoms with Gasteiger partial charge in [-0.3, -0.25) is 4.79 Å². The maximum absolute atomic E-state index is 13.8. The number of pyridine rings is 1. The SMILES string of the molecule is CC1(C)CCC(c2cc(C(C)(C)C)c3oc(C(=O)N4CCN(c5nc(C(=O)O)co5)CC4(C)C)cc3n2)CC1. The molecule has 1 aliphatic heterocycles. The summed E-state index contributed by atoms with van der Waals surface area (Å²) in [4.78, 5) is 37.8. The van der Waals surface area contributed by atoms with E-state index < -0.39 is 11.5 Å². The number of oxazole rings is 1. The molecule has 39 heavy (non-hydrogen) atoms. The highest BCUT2D eigenvalue weighted by molar-refractivity contribution is 5.96. The van der Waals surface area contributed by atoms with Gasteiger partial charge in [-0.15, -0.1) is 0 Å². The lowest BCUT2D eigenvalue weighted by Gasteiger charge is -2.46. The Morgan fingerprint density at radius 2 is 1.74 bits per heavy atom. The first-order chi connectivity index (χ1) is 18.1. The van der Waals surface area contributed by atoms with Crippen LogP contribution in [0.2, 0.25) is 0 Å². The lowest BCUT2D eigenvalue weighted by Crippen LogP contribution is -2.61. The zero-order chi connectivity index (χ0) is 28.3. The molecule has 0 bridgehead atoms. The molecule has 2 fully saturated rings. The maximum atomic E-state index is 13.8. The van der Waals surface area contributed by atoms with Crippen molar-refractivity contribution >= 4 is 29.0 Å². The maximum Gasteiger partial charge on any atom is 0.357 e. The average Bonchev–Trinajstić information content (AvgIpc) is 3.49. The van der Waals surface area contributed by atoms with Crippen molar-refractivity contribution in [1.82, 2.24) is 14.9 Å². The summed E-state index contributed by atoms with van der Waals surface area (Å²) < 4.78 is 11.7. The van der Waals surface area contributed by atoms with Crippen LogP contribution >= 0.6 is 0 Å². The summed E-state index contributed by atoms with van der Waals surface area (Å²) in [6, 6.07) is 4.25. The molecule has 1 saturated heterocycles. The first kappa shape index (κ1) is 27.2. The first-order valence-electron chi connectivity index (χ1n) is 13.9. The number of hydrogen-bond acceptors (Lipinski definition) is 7. The van der Waals surface area contributed by atoms with Gasteiger partial charge in [0, 0.05) is 42.9 Å². The molecule has 1 amide bonds. The Balaban J connectivity index is 1.42. The highest BCUT2D eigenvalue weighted by Gasteiger charge is 2.40. The third-order valence-corrected chi connectivity index (χ3v) is 8.40. The number of carbonyl (C=O) groups is 2. The number of aromatic carboxylic acids is 1. The molecule has 1 aliphatic carbocycles.